The molecule has 2 bridgehead atoms. The highest BCUT2D eigenvalue weighted by Gasteiger charge is 2.42. The van der Waals surface area contributed by atoms with Crippen LogP contribution in [0.25, 0.3) is 0 Å². The summed E-state index contributed by atoms with van der Waals surface area (Å²) in [6, 6.07) is 5.96. The lowest BCUT2D eigenvalue weighted by Crippen LogP contribution is -2.59. The molecule has 0 saturated carbocycles. The second kappa shape index (κ2) is 6.57. The first-order chi connectivity index (χ1) is 11.7. The molecule has 4 nitrogen and oxygen atoms in total. The van der Waals surface area contributed by atoms with Gasteiger partial charge >= 0.3 is 0 Å². The molecule has 1 aromatic carbocycles. The highest BCUT2D eigenvalue weighted by molar-refractivity contribution is 6.31. The molecule has 3 atom stereocenters. The van der Waals surface area contributed by atoms with Crippen molar-refractivity contribution < 1.29 is 9.53 Å². The Hall–Kier alpha value is -1.26. The van der Waals surface area contributed by atoms with Crippen LogP contribution in [0.4, 0.5) is 0 Å². The highest BCUT2D eigenvalue weighted by atomic mass is 35.5. The van der Waals surface area contributed by atoms with Crippen LogP contribution in [-0.2, 0) is 0 Å². The number of benzene rings is 1. The summed E-state index contributed by atoms with van der Waals surface area (Å²) in [4.78, 5) is 17.8. The van der Waals surface area contributed by atoms with Gasteiger partial charge in [-0.2, -0.15) is 0 Å². The van der Waals surface area contributed by atoms with Crippen molar-refractivity contribution in [3.8, 4) is 5.75 Å². The monoisotopic (exact) mass is 348 g/mol. The van der Waals surface area contributed by atoms with Crippen LogP contribution >= 0.6 is 11.6 Å². The second-order valence-corrected chi connectivity index (χ2v) is 7.91. The van der Waals surface area contributed by atoms with Gasteiger partial charge in [0.15, 0.2) is 0 Å². The number of amides is 1. The number of ether oxygens (including phenoxy) is 1. The average Bonchev–Trinajstić information content (AvgIpc) is 2.61. The third kappa shape index (κ3) is 2.91. The molecule has 1 aromatic rings. The molecule has 3 aliphatic heterocycles. The van der Waals surface area contributed by atoms with Gasteiger partial charge in [-0.25, -0.2) is 0 Å². The fraction of sp³-hybridized carbons (Fsp3) is 0.632. The van der Waals surface area contributed by atoms with E-state index in [1.165, 1.54) is 32.2 Å². The highest BCUT2D eigenvalue weighted by Crippen LogP contribution is 2.38. The number of fused-ring (bicyclic) bond motifs is 4. The van der Waals surface area contributed by atoms with Gasteiger partial charge in [0.25, 0.3) is 5.91 Å². The zero-order chi connectivity index (χ0) is 16.7. The Morgan fingerprint density at radius 3 is 2.96 bits per heavy atom. The molecule has 4 rings (SSSR count). The molecule has 0 aromatic heterocycles. The topological polar surface area (TPSA) is 32.8 Å². The van der Waals surface area contributed by atoms with E-state index < -0.39 is 0 Å². The molecular weight excluding hydrogens is 324 g/mol. The number of halogens is 1. The molecule has 3 saturated heterocycles. The first-order valence-electron chi connectivity index (χ1n) is 9.02. The van der Waals surface area contributed by atoms with E-state index in [1.807, 2.05) is 4.90 Å². The van der Waals surface area contributed by atoms with E-state index in [0.717, 1.165) is 19.6 Å². The van der Waals surface area contributed by atoms with Gasteiger partial charge < -0.3 is 9.64 Å². The zero-order valence-electron chi connectivity index (χ0n) is 14.2. The molecule has 5 heteroatoms. The summed E-state index contributed by atoms with van der Waals surface area (Å²) in [7, 11) is 1.60. The molecule has 3 aliphatic rings. The van der Waals surface area contributed by atoms with Crippen molar-refractivity contribution in [1.82, 2.24) is 9.80 Å². The number of hydrogen-bond donors (Lipinski definition) is 0. The third-order valence-corrected chi connectivity index (χ3v) is 6.18. The quantitative estimate of drug-likeness (QED) is 0.822. The summed E-state index contributed by atoms with van der Waals surface area (Å²) in [5.41, 5.74) is 0.588. The summed E-state index contributed by atoms with van der Waals surface area (Å²) in [6.07, 6.45) is 5.23. The Balaban J connectivity index is 1.55. The van der Waals surface area contributed by atoms with Gasteiger partial charge in [-0.05, 0) is 55.8 Å². The Morgan fingerprint density at radius 1 is 1.25 bits per heavy atom. The molecule has 0 spiro atoms. The van der Waals surface area contributed by atoms with E-state index in [9.17, 15) is 4.79 Å². The van der Waals surface area contributed by atoms with E-state index in [1.54, 1.807) is 25.3 Å². The van der Waals surface area contributed by atoms with E-state index in [4.69, 9.17) is 16.3 Å². The van der Waals surface area contributed by atoms with Gasteiger partial charge in [0.05, 0.1) is 12.7 Å². The van der Waals surface area contributed by atoms with Crippen molar-refractivity contribution in [1.29, 1.82) is 0 Å². The summed E-state index contributed by atoms with van der Waals surface area (Å²) in [5.74, 6) is 1.90. The number of hydrogen-bond acceptors (Lipinski definition) is 3. The number of carbonyl (C=O) groups excluding carboxylic acids is 1. The van der Waals surface area contributed by atoms with E-state index >= 15 is 0 Å². The maximum Gasteiger partial charge on any atom is 0.257 e. The minimum Gasteiger partial charge on any atom is -0.496 e. The van der Waals surface area contributed by atoms with Crippen LogP contribution in [-0.4, -0.2) is 55.0 Å². The lowest BCUT2D eigenvalue weighted by Gasteiger charge is -2.52. The Bertz CT molecular complexity index is 636. The molecule has 130 valence electrons. The first kappa shape index (κ1) is 16.2. The van der Waals surface area contributed by atoms with Crippen LogP contribution in [0.5, 0.6) is 5.75 Å². The average molecular weight is 349 g/mol. The number of methoxy groups -OCH3 is 1. The van der Waals surface area contributed by atoms with Gasteiger partial charge in [-0.15, -0.1) is 0 Å². The van der Waals surface area contributed by atoms with Gasteiger partial charge in [0, 0.05) is 30.7 Å². The van der Waals surface area contributed by atoms with Gasteiger partial charge in [0.1, 0.15) is 5.75 Å². The molecular formula is C19H25ClN2O2. The van der Waals surface area contributed by atoms with Crippen molar-refractivity contribution in [2.24, 2.45) is 11.8 Å². The van der Waals surface area contributed by atoms with Gasteiger partial charge in [-0.1, -0.05) is 18.0 Å². The van der Waals surface area contributed by atoms with E-state index in [-0.39, 0.29) is 5.91 Å². The fourth-order valence-electron chi connectivity index (χ4n) is 4.95. The molecule has 24 heavy (non-hydrogen) atoms. The standard InChI is InChI=1S/C19H25ClN2O2/c1-24-18-6-5-15(20)9-16(18)19(23)22-11-13-8-14(12-22)17-4-2-3-7-21(17)10-13/h5-6,9,13-14,17H,2-4,7-8,10-12H2,1H3/t13-,14-,17+/m1/s1. The third-order valence-electron chi connectivity index (χ3n) is 5.95. The zero-order valence-corrected chi connectivity index (χ0v) is 15.0. The van der Waals surface area contributed by atoms with Crippen LogP contribution in [0.3, 0.4) is 0 Å². The van der Waals surface area contributed by atoms with Gasteiger partial charge in [-0.3, -0.25) is 9.69 Å². The number of carbonyl (C=O) groups is 1. The Morgan fingerprint density at radius 2 is 2.12 bits per heavy atom. The van der Waals surface area contributed by atoms with Gasteiger partial charge in [0.2, 0.25) is 0 Å². The molecule has 0 N–H and O–H groups in total. The largest absolute Gasteiger partial charge is 0.496 e. The SMILES string of the molecule is COc1ccc(Cl)cc1C(=O)N1C[C@@H]2C[C@H](C1)[C@@H]1CCCCN1C2. The number of likely N-dealkylation sites (tertiary alicyclic amines) is 1. The smallest absolute Gasteiger partial charge is 0.257 e. The Kier molecular flexibility index (Phi) is 4.44. The molecule has 0 unspecified atom stereocenters. The number of nitrogens with zero attached hydrogens (tertiary/aromatic N) is 2. The molecule has 3 heterocycles. The summed E-state index contributed by atoms with van der Waals surface area (Å²) in [5, 5.41) is 0.579. The maximum atomic E-state index is 13.1. The molecule has 0 radical (unpaired) electrons. The van der Waals surface area contributed by atoms with Crippen LogP contribution in [0.1, 0.15) is 36.0 Å². The summed E-state index contributed by atoms with van der Waals surface area (Å²) < 4.78 is 5.38. The van der Waals surface area contributed by atoms with Crippen molar-refractivity contribution in [2.45, 2.75) is 31.7 Å². The molecule has 1 amide bonds. The minimum absolute atomic E-state index is 0.0632. The van der Waals surface area contributed by atoms with Crippen LogP contribution in [0, 0.1) is 11.8 Å². The number of rotatable bonds is 2. The van der Waals surface area contributed by atoms with Crippen LogP contribution < -0.4 is 4.74 Å². The Labute approximate surface area is 148 Å². The predicted molar refractivity (Wildman–Crippen MR) is 94.7 cm³/mol. The fourth-order valence-corrected chi connectivity index (χ4v) is 5.12. The molecule has 3 fully saturated rings. The molecule has 0 aliphatic carbocycles. The van der Waals surface area contributed by atoms with E-state index in [0.29, 0.717) is 34.2 Å². The van der Waals surface area contributed by atoms with Crippen LogP contribution in [0.15, 0.2) is 18.2 Å². The van der Waals surface area contributed by atoms with Crippen molar-refractivity contribution in [2.75, 3.05) is 33.3 Å². The summed E-state index contributed by atoms with van der Waals surface area (Å²) >= 11 is 6.11. The maximum absolute atomic E-state index is 13.1. The van der Waals surface area contributed by atoms with Crippen molar-refractivity contribution >= 4 is 17.5 Å². The van der Waals surface area contributed by atoms with Crippen molar-refractivity contribution in [3.63, 3.8) is 0 Å². The summed E-state index contributed by atoms with van der Waals surface area (Å²) in [6.45, 7) is 4.12. The first-order valence-corrected chi connectivity index (χ1v) is 9.40. The normalized spacial score (nSPS) is 29.9. The lowest BCUT2D eigenvalue weighted by atomic mass is 9.76. The second-order valence-electron chi connectivity index (χ2n) is 7.47. The minimum atomic E-state index is 0.0632. The van der Waals surface area contributed by atoms with Crippen LogP contribution in [0.2, 0.25) is 5.02 Å². The van der Waals surface area contributed by atoms with E-state index in [2.05, 4.69) is 4.90 Å². The predicted octanol–water partition coefficient (Wildman–Crippen LogP) is 3.30. The van der Waals surface area contributed by atoms with Crippen molar-refractivity contribution in [3.05, 3.63) is 28.8 Å². The number of piperidine rings is 3. The lowest BCUT2D eigenvalue weighted by molar-refractivity contribution is -0.0243.